The number of aryl methyl sites for hydroxylation is 2. The number of aromatic nitrogens is 2. The summed E-state index contributed by atoms with van der Waals surface area (Å²) in [4.78, 5) is 24.6. The van der Waals surface area contributed by atoms with Crippen molar-refractivity contribution in [3.63, 3.8) is 0 Å². The second-order valence-electron chi connectivity index (χ2n) is 6.97. The van der Waals surface area contributed by atoms with Gasteiger partial charge in [-0.1, -0.05) is 48.0 Å². The van der Waals surface area contributed by atoms with Gasteiger partial charge in [0.2, 0.25) is 5.78 Å². The van der Waals surface area contributed by atoms with E-state index < -0.39 is 12.1 Å². The number of para-hydroxylation sites is 1. The van der Waals surface area contributed by atoms with Gasteiger partial charge in [0, 0.05) is 22.9 Å². The number of carbonyl (C=O) groups is 2. The Morgan fingerprint density at radius 3 is 2.31 bits per heavy atom. The lowest BCUT2D eigenvalue weighted by Crippen LogP contribution is -2.23. The van der Waals surface area contributed by atoms with Crippen LogP contribution in [0.4, 0.5) is 0 Å². The summed E-state index contributed by atoms with van der Waals surface area (Å²) in [5, 5.41) is 4.55. The maximum absolute atomic E-state index is 12.4. The molecule has 0 amide bonds. The van der Waals surface area contributed by atoms with Crippen LogP contribution in [0.2, 0.25) is 0 Å². The quantitative estimate of drug-likeness (QED) is 0.351. The lowest BCUT2D eigenvalue weighted by molar-refractivity contribution is -0.140. The van der Waals surface area contributed by atoms with Gasteiger partial charge in [-0.3, -0.25) is 4.79 Å². The second kappa shape index (κ2) is 8.69. The van der Waals surface area contributed by atoms with E-state index in [9.17, 15) is 9.59 Å². The minimum absolute atomic E-state index is 0.226. The van der Waals surface area contributed by atoms with Crippen LogP contribution in [0.25, 0.3) is 11.8 Å². The first-order valence-electron chi connectivity index (χ1n) is 9.48. The average Bonchev–Trinajstić information content (AvgIpc) is 3.00. The van der Waals surface area contributed by atoms with E-state index in [4.69, 9.17) is 4.74 Å². The number of nitrogens with zero attached hydrogens (tertiary/aromatic N) is 2. The van der Waals surface area contributed by atoms with Crippen molar-refractivity contribution in [2.45, 2.75) is 33.8 Å². The largest absolute Gasteiger partial charge is 0.451 e. The van der Waals surface area contributed by atoms with Crippen LogP contribution in [0.3, 0.4) is 0 Å². The van der Waals surface area contributed by atoms with E-state index in [1.54, 1.807) is 25.1 Å². The van der Waals surface area contributed by atoms with Crippen molar-refractivity contribution >= 4 is 17.8 Å². The number of carbonyl (C=O) groups excluding carboxylic acids is 2. The van der Waals surface area contributed by atoms with Gasteiger partial charge in [-0.25, -0.2) is 9.48 Å². The van der Waals surface area contributed by atoms with Gasteiger partial charge in [-0.05, 0) is 45.9 Å². The molecule has 0 aliphatic heterocycles. The van der Waals surface area contributed by atoms with Gasteiger partial charge in [-0.15, -0.1) is 0 Å². The zero-order valence-electron chi connectivity index (χ0n) is 17.0. The summed E-state index contributed by atoms with van der Waals surface area (Å²) in [5.74, 6) is -0.791. The van der Waals surface area contributed by atoms with E-state index in [1.807, 2.05) is 67.9 Å². The van der Waals surface area contributed by atoms with Gasteiger partial charge < -0.3 is 4.74 Å². The Morgan fingerprint density at radius 1 is 1.00 bits per heavy atom. The van der Waals surface area contributed by atoms with E-state index in [2.05, 4.69) is 5.10 Å². The van der Waals surface area contributed by atoms with Crippen LogP contribution in [0, 0.1) is 20.8 Å². The standard InChI is InChI=1S/C24H24N2O3/c1-16-10-12-20(13-11-16)24(28)19(4)29-23(27)15-14-22-17(2)25-26(18(22)3)21-8-6-5-7-9-21/h5-15,19H,1-4H3/b15-14+/t19-/m0/s1. The fourth-order valence-corrected chi connectivity index (χ4v) is 3.09. The molecule has 0 N–H and O–H groups in total. The molecular formula is C24H24N2O3. The molecule has 0 spiro atoms. The summed E-state index contributed by atoms with van der Waals surface area (Å²) in [7, 11) is 0. The molecule has 0 radical (unpaired) electrons. The molecule has 29 heavy (non-hydrogen) atoms. The molecular weight excluding hydrogens is 364 g/mol. The van der Waals surface area contributed by atoms with Gasteiger partial charge >= 0.3 is 5.97 Å². The molecule has 148 valence electrons. The predicted molar refractivity (Wildman–Crippen MR) is 113 cm³/mol. The zero-order valence-corrected chi connectivity index (χ0v) is 17.0. The molecule has 3 aromatic rings. The van der Waals surface area contributed by atoms with E-state index in [0.717, 1.165) is 28.2 Å². The van der Waals surface area contributed by atoms with Gasteiger partial charge in [0.15, 0.2) is 6.10 Å². The van der Waals surface area contributed by atoms with Gasteiger partial charge in [0.05, 0.1) is 11.4 Å². The molecule has 0 unspecified atom stereocenters. The Balaban J connectivity index is 1.70. The van der Waals surface area contributed by atoms with E-state index in [-0.39, 0.29) is 5.78 Å². The molecule has 0 fully saturated rings. The Morgan fingerprint density at radius 2 is 1.66 bits per heavy atom. The van der Waals surface area contributed by atoms with Gasteiger partial charge in [0.1, 0.15) is 0 Å². The monoisotopic (exact) mass is 388 g/mol. The first-order valence-corrected chi connectivity index (χ1v) is 9.48. The lowest BCUT2D eigenvalue weighted by atomic mass is 10.1. The van der Waals surface area contributed by atoms with Crippen LogP contribution in [-0.4, -0.2) is 27.6 Å². The van der Waals surface area contributed by atoms with Crippen molar-refractivity contribution in [2.75, 3.05) is 0 Å². The highest BCUT2D eigenvalue weighted by molar-refractivity contribution is 6.01. The third-order valence-electron chi connectivity index (χ3n) is 4.73. The Hall–Kier alpha value is -3.47. The van der Waals surface area contributed by atoms with Crippen LogP contribution in [0.5, 0.6) is 0 Å². The van der Waals surface area contributed by atoms with Crippen LogP contribution in [0.1, 0.15) is 39.8 Å². The summed E-state index contributed by atoms with van der Waals surface area (Å²) >= 11 is 0. The highest BCUT2D eigenvalue weighted by Crippen LogP contribution is 2.19. The number of hydrogen-bond acceptors (Lipinski definition) is 4. The molecule has 0 aliphatic rings. The maximum atomic E-state index is 12.4. The molecule has 2 aromatic carbocycles. The molecule has 5 heteroatoms. The van der Waals surface area contributed by atoms with E-state index in [1.165, 1.54) is 6.08 Å². The first kappa shape index (κ1) is 20.3. The third-order valence-corrected chi connectivity index (χ3v) is 4.73. The zero-order chi connectivity index (χ0) is 21.0. The number of rotatable bonds is 6. The van der Waals surface area contributed by atoms with Crippen molar-refractivity contribution in [2.24, 2.45) is 0 Å². The second-order valence-corrected chi connectivity index (χ2v) is 6.97. The summed E-state index contributed by atoms with van der Waals surface area (Å²) in [6, 6.07) is 17.0. The van der Waals surface area contributed by atoms with Gasteiger partial charge in [-0.2, -0.15) is 5.10 Å². The molecule has 0 saturated heterocycles. The smallest absolute Gasteiger partial charge is 0.331 e. The Kier molecular flexibility index (Phi) is 6.07. The predicted octanol–water partition coefficient (Wildman–Crippen LogP) is 4.63. The molecule has 1 atom stereocenters. The fourth-order valence-electron chi connectivity index (χ4n) is 3.09. The molecule has 1 heterocycles. The van der Waals surface area contributed by atoms with Crippen LogP contribution >= 0.6 is 0 Å². The van der Waals surface area contributed by atoms with Crippen molar-refractivity contribution in [3.8, 4) is 5.69 Å². The highest BCUT2D eigenvalue weighted by Gasteiger charge is 2.18. The molecule has 3 rings (SSSR count). The summed E-state index contributed by atoms with van der Waals surface area (Å²) in [6.07, 6.45) is 2.16. The molecule has 0 bridgehead atoms. The third kappa shape index (κ3) is 4.69. The average molecular weight is 388 g/mol. The SMILES string of the molecule is Cc1ccc(C(=O)[C@H](C)OC(=O)/C=C/c2c(C)nn(-c3ccccc3)c2C)cc1. The fraction of sp³-hybridized carbons (Fsp3) is 0.208. The Bertz CT molecular complexity index is 1050. The van der Waals surface area contributed by atoms with Gasteiger partial charge in [0.25, 0.3) is 0 Å². The maximum Gasteiger partial charge on any atom is 0.331 e. The van der Waals surface area contributed by atoms with Crippen LogP contribution in [0.15, 0.2) is 60.7 Å². The van der Waals surface area contributed by atoms with E-state index >= 15 is 0 Å². The summed E-state index contributed by atoms with van der Waals surface area (Å²) in [5.41, 5.74) is 5.11. The minimum Gasteiger partial charge on any atom is -0.451 e. The van der Waals surface area contributed by atoms with Crippen molar-refractivity contribution in [1.82, 2.24) is 9.78 Å². The molecule has 5 nitrogen and oxygen atoms in total. The summed E-state index contributed by atoms with van der Waals surface area (Å²) < 4.78 is 7.12. The number of Topliss-reactive ketones (excluding diaryl/α,β-unsaturated/α-hetero) is 1. The number of hydrogen-bond donors (Lipinski definition) is 0. The molecule has 1 aromatic heterocycles. The van der Waals surface area contributed by atoms with Crippen molar-refractivity contribution in [1.29, 1.82) is 0 Å². The first-order chi connectivity index (χ1) is 13.9. The number of benzene rings is 2. The van der Waals surface area contributed by atoms with Crippen LogP contribution in [-0.2, 0) is 9.53 Å². The molecule has 0 aliphatic carbocycles. The van der Waals surface area contributed by atoms with Crippen molar-refractivity contribution < 1.29 is 14.3 Å². The minimum atomic E-state index is -0.857. The topological polar surface area (TPSA) is 61.2 Å². The number of ether oxygens (including phenoxy) is 1. The normalized spacial score (nSPS) is 12.1. The lowest BCUT2D eigenvalue weighted by Gasteiger charge is -2.11. The Labute approximate surface area is 170 Å². The highest BCUT2D eigenvalue weighted by atomic mass is 16.5. The van der Waals surface area contributed by atoms with Crippen LogP contribution < -0.4 is 0 Å². The number of ketones is 1. The van der Waals surface area contributed by atoms with Crippen molar-refractivity contribution in [3.05, 3.63) is 88.8 Å². The van der Waals surface area contributed by atoms with E-state index in [0.29, 0.717) is 5.56 Å². The number of esters is 1. The molecule has 0 saturated carbocycles. The summed E-state index contributed by atoms with van der Waals surface area (Å²) in [6.45, 7) is 7.37.